The molecule has 8 heteroatoms. The van der Waals surface area contributed by atoms with Gasteiger partial charge in [0.05, 0.1) is 21.7 Å². The molecule has 1 amide bonds. The average molecular weight is 430 g/mol. The minimum Gasteiger partial charge on any atom is -0.358 e. The fourth-order valence-corrected chi connectivity index (χ4v) is 4.38. The quantitative estimate of drug-likeness (QED) is 0.435. The lowest BCUT2D eigenvalue weighted by molar-refractivity contribution is 0.102. The number of aromatic nitrogens is 1. The van der Waals surface area contributed by atoms with Crippen LogP contribution >= 0.6 is 0 Å². The van der Waals surface area contributed by atoms with Crippen LogP contribution in [0.3, 0.4) is 0 Å². The zero-order valence-electron chi connectivity index (χ0n) is 16.5. The maximum absolute atomic E-state index is 12.9. The van der Waals surface area contributed by atoms with Crippen molar-refractivity contribution in [2.24, 2.45) is 0 Å². The number of hydrogen-bond acceptors (Lipinski definition) is 4. The van der Waals surface area contributed by atoms with Gasteiger partial charge < -0.3 is 10.3 Å². The van der Waals surface area contributed by atoms with Crippen molar-refractivity contribution in [1.29, 1.82) is 5.26 Å². The highest BCUT2D eigenvalue weighted by atomic mass is 32.2. The Bertz CT molecular complexity index is 1420. The Morgan fingerprint density at radius 2 is 1.71 bits per heavy atom. The predicted molar refractivity (Wildman–Crippen MR) is 119 cm³/mol. The summed E-state index contributed by atoms with van der Waals surface area (Å²) in [6.07, 6.45) is 1.56. The van der Waals surface area contributed by atoms with Crippen molar-refractivity contribution >= 4 is 38.2 Å². The summed E-state index contributed by atoms with van der Waals surface area (Å²) in [6, 6.07) is 20.2. The molecule has 154 valence electrons. The minimum atomic E-state index is -3.88. The summed E-state index contributed by atoms with van der Waals surface area (Å²) >= 11 is 0. The Labute approximate surface area is 179 Å². The van der Waals surface area contributed by atoms with Crippen LogP contribution in [0.2, 0.25) is 0 Å². The summed E-state index contributed by atoms with van der Waals surface area (Å²) in [7, 11) is -3.88. The largest absolute Gasteiger partial charge is 0.358 e. The van der Waals surface area contributed by atoms with Crippen molar-refractivity contribution in [3.05, 3.63) is 89.6 Å². The first-order chi connectivity index (χ1) is 14.9. The van der Waals surface area contributed by atoms with E-state index in [1.165, 1.54) is 24.3 Å². The van der Waals surface area contributed by atoms with Crippen LogP contribution in [0.4, 0.5) is 11.4 Å². The zero-order chi connectivity index (χ0) is 22.0. The van der Waals surface area contributed by atoms with Gasteiger partial charge in [-0.3, -0.25) is 9.52 Å². The number of carbonyl (C=O) groups is 1. The van der Waals surface area contributed by atoms with E-state index in [0.29, 0.717) is 33.4 Å². The molecule has 0 aliphatic heterocycles. The summed E-state index contributed by atoms with van der Waals surface area (Å²) in [5.74, 6) is -0.281. The summed E-state index contributed by atoms with van der Waals surface area (Å²) < 4.78 is 28.3. The molecule has 0 saturated carbocycles. The van der Waals surface area contributed by atoms with Crippen LogP contribution in [-0.2, 0) is 10.0 Å². The van der Waals surface area contributed by atoms with Crippen molar-refractivity contribution in [2.75, 3.05) is 10.0 Å². The third-order valence-electron chi connectivity index (χ3n) is 4.87. The van der Waals surface area contributed by atoms with Crippen molar-refractivity contribution in [1.82, 2.24) is 4.98 Å². The molecule has 0 fully saturated rings. The summed E-state index contributed by atoms with van der Waals surface area (Å²) in [6.45, 7) is 1.86. The highest BCUT2D eigenvalue weighted by Crippen LogP contribution is 2.30. The highest BCUT2D eigenvalue weighted by Gasteiger charge is 2.18. The van der Waals surface area contributed by atoms with Gasteiger partial charge in [-0.2, -0.15) is 5.26 Å². The molecule has 3 aromatic carbocycles. The predicted octanol–water partition coefficient (Wildman–Crippen LogP) is 4.40. The lowest BCUT2D eigenvalue weighted by Crippen LogP contribution is -2.14. The molecule has 0 spiro atoms. The van der Waals surface area contributed by atoms with E-state index >= 15 is 0 Å². The molecule has 0 radical (unpaired) electrons. The number of anilines is 2. The topological polar surface area (TPSA) is 115 Å². The number of sulfonamides is 1. The number of carbonyl (C=O) groups excluding carboxylic acids is 1. The Morgan fingerprint density at radius 3 is 2.39 bits per heavy atom. The molecule has 3 N–H and O–H groups in total. The molecule has 0 bridgehead atoms. The van der Waals surface area contributed by atoms with Gasteiger partial charge in [-0.25, -0.2) is 8.42 Å². The number of nitriles is 1. The fraction of sp³-hybridized carbons (Fsp3) is 0.0435. The monoisotopic (exact) mass is 430 g/mol. The molecule has 1 aromatic heterocycles. The van der Waals surface area contributed by atoms with Gasteiger partial charge in [0.1, 0.15) is 6.07 Å². The molecule has 7 nitrogen and oxygen atoms in total. The maximum Gasteiger partial charge on any atom is 0.261 e. The number of aryl methyl sites for hydroxylation is 1. The number of hydrogen-bond donors (Lipinski definition) is 3. The summed E-state index contributed by atoms with van der Waals surface area (Å²) in [5, 5.41) is 12.7. The van der Waals surface area contributed by atoms with Gasteiger partial charge in [-0.05, 0) is 55.0 Å². The van der Waals surface area contributed by atoms with Crippen molar-refractivity contribution < 1.29 is 13.2 Å². The molecule has 0 atom stereocenters. The number of rotatable bonds is 5. The Morgan fingerprint density at radius 1 is 1.00 bits per heavy atom. The van der Waals surface area contributed by atoms with Crippen LogP contribution in [0.1, 0.15) is 21.5 Å². The highest BCUT2D eigenvalue weighted by molar-refractivity contribution is 7.92. The van der Waals surface area contributed by atoms with E-state index in [-0.39, 0.29) is 10.8 Å². The van der Waals surface area contributed by atoms with Crippen LogP contribution in [-0.4, -0.2) is 19.3 Å². The first-order valence-electron chi connectivity index (χ1n) is 9.39. The first kappa shape index (κ1) is 20.2. The van der Waals surface area contributed by atoms with E-state index < -0.39 is 10.0 Å². The SMILES string of the molecule is Cc1ccc(NS(=O)(=O)c2ccc(NC(=O)c3ccccc3)cc2)c2[nH]cc(C#N)c12. The number of nitrogens with zero attached hydrogens (tertiary/aromatic N) is 1. The molecule has 0 aliphatic rings. The second kappa shape index (κ2) is 7.97. The van der Waals surface area contributed by atoms with Gasteiger partial charge in [0.2, 0.25) is 0 Å². The number of H-pyrrole nitrogens is 1. The molecule has 1 heterocycles. The first-order valence-corrected chi connectivity index (χ1v) is 10.9. The van der Waals surface area contributed by atoms with E-state index in [9.17, 15) is 18.5 Å². The third-order valence-corrected chi connectivity index (χ3v) is 6.25. The Balaban J connectivity index is 1.57. The average Bonchev–Trinajstić information content (AvgIpc) is 3.22. The molecule has 0 saturated heterocycles. The van der Waals surface area contributed by atoms with Crippen LogP contribution in [0.15, 0.2) is 77.8 Å². The number of fused-ring (bicyclic) bond motifs is 1. The molecule has 0 aliphatic carbocycles. The standard InChI is InChI=1S/C23H18N4O3S/c1-15-7-12-20(22-21(15)17(13-24)14-25-22)27-31(29,30)19-10-8-18(9-11-19)26-23(28)16-5-3-2-4-6-16/h2-12,14,25,27H,1H3,(H,26,28). The van der Waals surface area contributed by atoms with E-state index in [2.05, 4.69) is 21.1 Å². The van der Waals surface area contributed by atoms with Crippen LogP contribution in [0.25, 0.3) is 10.9 Å². The zero-order valence-corrected chi connectivity index (χ0v) is 17.3. The van der Waals surface area contributed by atoms with E-state index in [1.807, 2.05) is 13.0 Å². The van der Waals surface area contributed by atoms with Crippen molar-refractivity contribution in [2.45, 2.75) is 11.8 Å². The van der Waals surface area contributed by atoms with Crippen molar-refractivity contribution in [3.63, 3.8) is 0 Å². The molecule has 31 heavy (non-hydrogen) atoms. The van der Waals surface area contributed by atoms with Gasteiger partial charge >= 0.3 is 0 Å². The van der Waals surface area contributed by atoms with Crippen LogP contribution in [0, 0.1) is 18.3 Å². The Kier molecular flexibility index (Phi) is 5.19. The summed E-state index contributed by atoms with van der Waals surface area (Å²) in [5.41, 5.74) is 3.21. The maximum atomic E-state index is 12.9. The van der Waals surface area contributed by atoms with Gasteiger partial charge in [0.15, 0.2) is 0 Å². The minimum absolute atomic E-state index is 0.0472. The lowest BCUT2D eigenvalue weighted by Gasteiger charge is -2.11. The number of benzene rings is 3. The van der Waals surface area contributed by atoms with Gasteiger partial charge in [0, 0.05) is 22.8 Å². The molecular formula is C23H18N4O3S. The van der Waals surface area contributed by atoms with E-state index in [0.717, 1.165) is 5.56 Å². The normalized spacial score (nSPS) is 11.1. The van der Waals surface area contributed by atoms with Gasteiger partial charge in [-0.1, -0.05) is 24.3 Å². The number of nitrogens with one attached hydrogen (secondary N) is 3. The Hall–Kier alpha value is -4.09. The molecular weight excluding hydrogens is 412 g/mol. The molecule has 0 unspecified atom stereocenters. The second-order valence-corrected chi connectivity index (χ2v) is 8.63. The smallest absolute Gasteiger partial charge is 0.261 e. The lowest BCUT2D eigenvalue weighted by atomic mass is 10.1. The second-order valence-electron chi connectivity index (χ2n) is 6.94. The third kappa shape index (κ3) is 3.99. The van der Waals surface area contributed by atoms with Crippen LogP contribution in [0.5, 0.6) is 0 Å². The fourth-order valence-electron chi connectivity index (χ4n) is 3.31. The van der Waals surface area contributed by atoms with Gasteiger partial charge in [-0.15, -0.1) is 0 Å². The molecule has 4 aromatic rings. The van der Waals surface area contributed by atoms with E-state index in [1.54, 1.807) is 42.6 Å². The number of amides is 1. The van der Waals surface area contributed by atoms with Crippen molar-refractivity contribution in [3.8, 4) is 6.07 Å². The van der Waals surface area contributed by atoms with Crippen LogP contribution < -0.4 is 10.0 Å². The number of aromatic amines is 1. The van der Waals surface area contributed by atoms with E-state index in [4.69, 9.17) is 0 Å². The van der Waals surface area contributed by atoms with Gasteiger partial charge in [0.25, 0.3) is 15.9 Å². The molecule has 4 rings (SSSR count). The summed E-state index contributed by atoms with van der Waals surface area (Å²) in [4.78, 5) is 15.3.